The van der Waals surface area contributed by atoms with Gasteiger partial charge in [0, 0.05) is 30.1 Å². The monoisotopic (exact) mass is 367 g/mol. The summed E-state index contributed by atoms with van der Waals surface area (Å²) in [6.45, 7) is 3.24. The van der Waals surface area contributed by atoms with Gasteiger partial charge in [0.15, 0.2) is 0 Å². The average Bonchev–Trinajstić information content (AvgIpc) is 3.24. The van der Waals surface area contributed by atoms with Crippen LogP contribution >= 0.6 is 11.6 Å². The summed E-state index contributed by atoms with van der Waals surface area (Å²) >= 11 is 6.02. The van der Waals surface area contributed by atoms with E-state index < -0.39 is 0 Å². The third-order valence-corrected chi connectivity index (χ3v) is 4.82. The normalized spacial score (nSPS) is 17.1. The van der Waals surface area contributed by atoms with E-state index in [0.717, 1.165) is 11.1 Å². The molecule has 0 bridgehead atoms. The summed E-state index contributed by atoms with van der Waals surface area (Å²) in [6, 6.07) is 15.5. The van der Waals surface area contributed by atoms with Gasteiger partial charge in [0.25, 0.3) is 0 Å². The Balaban J connectivity index is 1.48. The summed E-state index contributed by atoms with van der Waals surface area (Å²) < 4.78 is 5.42. The smallest absolute Gasteiger partial charge is 0.232 e. The number of likely N-dealkylation sites (tertiary alicyclic amines) is 1. The van der Waals surface area contributed by atoms with Crippen molar-refractivity contribution in [2.45, 2.75) is 25.8 Å². The lowest BCUT2D eigenvalue weighted by molar-refractivity contribution is -0.128. The van der Waals surface area contributed by atoms with Crippen molar-refractivity contribution < 1.29 is 9.32 Å². The van der Waals surface area contributed by atoms with E-state index in [2.05, 4.69) is 34.4 Å². The zero-order valence-electron chi connectivity index (χ0n) is 14.4. The highest BCUT2D eigenvalue weighted by atomic mass is 35.5. The van der Waals surface area contributed by atoms with Crippen LogP contribution in [0.15, 0.2) is 53.1 Å². The molecule has 1 aliphatic heterocycles. The molecule has 4 rings (SSSR count). The number of hydrogen-bond acceptors (Lipinski definition) is 4. The Morgan fingerprint density at radius 1 is 1.23 bits per heavy atom. The van der Waals surface area contributed by atoms with Crippen molar-refractivity contribution in [1.29, 1.82) is 0 Å². The van der Waals surface area contributed by atoms with E-state index in [0.29, 0.717) is 36.2 Å². The van der Waals surface area contributed by atoms with Gasteiger partial charge in [0.2, 0.25) is 17.6 Å². The molecule has 0 aliphatic carbocycles. The Labute approximate surface area is 156 Å². The zero-order valence-corrected chi connectivity index (χ0v) is 15.1. The molecule has 5 nitrogen and oxygen atoms in total. The minimum Gasteiger partial charge on any atom is -0.339 e. The Morgan fingerprint density at radius 3 is 2.81 bits per heavy atom. The van der Waals surface area contributed by atoms with E-state index in [9.17, 15) is 4.79 Å². The predicted molar refractivity (Wildman–Crippen MR) is 98.7 cm³/mol. The fourth-order valence-electron chi connectivity index (χ4n) is 3.15. The number of rotatable bonds is 4. The second-order valence-corrected chi connectivity index (χ2v) is 7.06. The molecule has 2 heterocycles. The van der Waals surface area contributed by atoms with Crippen LogP contribution in [0.25, 0.3) is 11.4 Å². The van der Waals surface area contributed by atoms with Crippen molar-refractivity contribution in [3.05, 3.63) is 70.6 Å². The minimum absolute atomic E-state index is 0.0756. The third-order valence-electron chi connectivity index (χ3n) is 4.58. The maximum atomic E-state index is 12.4. The molecule has 1 aromatic heterocycles. The van der Waals surface area contributed by atoms with E-state index in [1.165, 1.54) is 5.56 Å². The first-order valence-electron chi connectivity index (χ1n) is 8.51. The molecule has 6 heteroatoms. The van der Waals surface area contributed by atoms with Gasteiger partial charge >= 0.3 is 0 Å². The zero-order chi connectivity index (χ0) is 18.1. The summed E-state index contributed by atoms with van der Waals surface area (Å²) in [6.07, 6.45) is 0.392. The molecule has 3 aromatic rings. The Kier molecular flexibility index (Phi) is 4.47. The molecule has 1 amide bonds. The molecular formula is C20H18ClN3O2. The van der Waals surface area contributed by atoms with Crippen LogP contribution < -0.4 is 0 Å². The van der Waals surface area contributed by atoms with Gasteiger partial charge in [0.1, 0.15) is 0 Å². The number of aryl methyl sites for hydroxylation is 1. The van der Waals surface area contributed by atoms with Gasteiger partial charge in [-0.05, 0) is 24.6 Å². The van der Waals surface area contributed by atoms with Gasteiger partial charge in [-0.3, -0.25) is 4.79 Å². The van der Waals surface area contributed by atoms with Crippen LogP contribution in [-0.2, 0) is 11.3 Å². The highest BCUT2D eigenvalue weighted by Crippen LogP contribution is 2.30. The number of amides is 1. The van der Waals surface area contributed by atoms with Crippen LogP contribution in [0.3, 0.4) is 0 Å². The van der Waals surface area contributed by atoms with E-state index in [-0.39, 0.29) is 11.8 Å². The van der Waals surface area contributed by atoms with Crippen LogP contribution in [0.2, 0.25) is 5.02 Å². The number of nitrogens with zero attached hydrogens (tertiary/aromatic N) is 3. The Bertz CT molecular complexity index is 936. The highest BCUT2D eigenvalue weighted by molar-refractivity contribution is 6.30. The number of aromatic nitrogens is 2. The second-order valence-electron chi connectivity index (χ2n) is 6.63. The molecule has 1 fully saturated rings. The number of hydrogen-bond donors (Lipinski definition) is 0. The maximum absolute atomic E-state index is 12.4. The molecule has 1 unspecified atom stereocenters. The van der Waals surface area contributed by atoms with Crippen molar-refractivity contribution in [2.75, 3.05) is 6.54 Å². The fourth-order valence-corrected chi connectivity index (χ4v) is 3.34. The second kappa shape index (κ2) is 6.92. The van der Waals surface area contributed by atoms with E-state index in [4.69, 9.17) is 16.1 Å². The fraction of sp³-hybridized carbons (Fsp3) is 0.250. The number of carbonyl (C=O) groups is 1. The lowest BCUT2D eigenvalue weighted by Gasteiger charge is -2.16. The maximum Gasteiger partial charge on any atom is 0.232 e. The summed E-state index contributed by atoms with van der Waals surface area (Å²) in [5.41, 5.74) is 3.13. The molecule has 1 saturated heterocycles. The van der Waals surface area contributed by atoms with Gasteiger partial charge in [-0.2, -0.15) is 4.98 Å². The first kappa shape index (κ1) is 16.8. The molecule has 0 saturated carbocycles. The molecular weight excluding hydrogens is 350 g/mol. The largest absolute Gasteiger partial charge is 0.339 e. The summed E-state index contributed by atoms with van der Waals surface area (Å²) in [7, 11) is 0. The standard InChI is InChI=1S/C20H18ClN3O2/c1-13-5-7-14(8-6-13)11-24-12-16(10-18(24)25)20-22-19(23-26-20)15-3-2-4-17(21)9-15/h2-9,16H,10-12H2,1H3. The van der Waals surface area contributed by atoms with Gasteiger partial charge in [-0.25, -0.2) is 0 Å². The van der Waals surface area contributed by atoms with Crippen LogP contribution in [0.4, 0.5) is 0 Å². The molecule has 0 radical (unpaired) electrons. The Morgan fingerprint density at radius 2 is 2.04 bits per heavy atom. The summed E-state index contributed by atoms with van der Waals surface area (Å²) in [5.74, 6) is 1.03. The van der Waals surface area contributed by atoms with Crippen molar-refractivity contribution in [1.82, 2.24) is 15.0 Å². The van der Waals surface area contributed by atoms with Crippen molar-refractivity contribution >= 4 is 17.5 Å². The van der Waals surface area contributed by atoms with Gasteiger partial charge in [-0.15, -0.1) is 0 Å². The highest BCUT2D eigenvalue weighted by Gasteiger charge is 2.34. The van der Waals surface area contributed by atoms with Crippen LogP contribution in [-0.4, -0.2) is 27.5 Å². The van der Waals surface area contributed by atoms with Crippen LogP contribution in [0.5, 0.6) is 0 Å². The van der Waals surface area contributed by atoms with Crippen LogP contribution in [0.1, 0.15) is 29.4 Å². The number of benzene rings is 2. The average molecular weight is 368 g/mol. The van der Waals surface area contributed by atoms with Gasteiger partial charge in [-0.1, -0.05) is 58.7 Å². The van der Waals surface area contributed by atoms with Gasteiger partial charge < -0.3 is 9.42 Å². The molecule has 2 aromatic carbocycles. The topological polar surface area (TPSA) is 59.2 Å². The van der Waals surface area contributed by atoms with Crippen molar-refractivity contribution in [2.24, 2.45) is 0 Å². The van der Waals surface area contributed by atoms with Crippen LogP contribution in [0, 0.1) is 6.92 Å². The number of carbonyl (C=O) groups excluding carboxylic acids is 1. The summed E-state index contributed by atoms with van der Waals surface area (Å²) in [5, 5.41) is 4.66. The first-order valence-corrected chi connectivity index (χ1v) is 8.89. The number of halogens is 1. The molecule has 26 heavy (non-hydrogen) atoms. The first-order chi connectivity index (χ1) is 12.6. The van der Waals surface area contributed by atoms with Crippen molar-refractivity contribution in [3.63, 3.8) is 0 Å². The molecule has 132 valence electrons. The lowest BCUT2D eigenvalue weighted by atomic mass is 10.1. The van der Waals surface area contributed by atoms with Crippen molar-refractivity contribution in [3.8, 4) is 11.4 Å². The van der Waals surface area contributed by atoms with Gasteiger partial charge in [0.05, 0.1) is 5.92 Å². The minimum atomic E-state index is -0.0756. The molecule has 0 spiro atoms. The molecule has 0 N–H and O–H groups in total. The van der Waals surface area contributed by atoms with E-state index >= 15 is 0 Å². The third kappa shape index (κ3) is 3.48. The SMILES string of the molecule is Cc1ccc(CN2CC(c3nc(-c4cccc(Cl)c4)no3)CC2=O)cc1. The summed E-state index contributed by atoms with van der Waals surface area (Å²) in [4.78, 5) is 18.7. The molecule has 1 atom stereocenters. The Hall–Kier alpha value is -2.66. The predicted octanol–water partition coefficient (Wildman–Crippen LogP) is 4.21. The van der Waals surface area contributed by atoms with E-state index in [1.54, 1.807) is 12.1 Å². The quantitative estimate of drug-likeness (QED) is 0.693. The van der Waals surface area contributed by atoms with E-state index in [1.807, 2.05) is 24.0 Å². The molecule has 1 aliphatic rings. The lowest BCUT2D eigenvalue weighted by Crippen LogP contribution is -2.24.